The molecule has 3 atom stereocenters. The zero-order chi connectivity index (χ0) is 14.5. The van der Waals surface area contributed by atoms with Crippen molar-refractivity contribution >= 4 is 8.32 Å². The molecule has 2 fully saturated rings. The molecule has 0 saturated carbocycles. The van der Waals surface area contributed by atoms with Crippen molar-refractivity contribution in [2.75, 3.05) is 6.61 Å². The van der Waals surface area contributed by atoms with E-state index >= 15 is 0 Å². The number of fused-ring (bicyclic) bond motifs is 1. The van der Waals surface area contributed by atoms with Crippen molar-refractivity contribution in [1.82, 2.24) is 0 Å². The lowest BCUT2D eigenvalue weighted by atomic mass is 10.2. The van der Waals surface area contributed by atoms with Crippen LogP contribution in [0.25, 0.3) is 0 Å². The first kappa shape index (κ1) is 15.4. The number of hydrogen-bond donors (Lipinski definition) is 0. The van der Waals surface area contributed by atoms with Crippen LogP contribution in [0.2, 0.25) is 18.1 Å². The van der Waals surface area contributed by atoms with E-state index in [0.717, 1.165) is 0 Å². The zero-order valence-electron chi connectivity index (χ0n) is 13.1. The molecule has 19 heavy (non-hydrogen) atoms. The van der Waals surface area contributed by atoms with Crippen LogP contribution in [0.1, 0.15) is 34.6 Å². The average molecular weight is 287 g/mol. The van der Waals surface area contributed by atoms with Crippen LogP contribution in [0.4, 0.5) is 0 Å². The van der Waals surface area contributed by atoms with Crippen molar-refractivity contribution in [3.8, 4) is 0 Å². The van der Waals surface area contributed by atoms with Gasteiger partial charge in [-0.2, -0.15) is 0 Å². The number of hydrogen-bond acceptors (Lipinski definition) is 4. The second kappa shape index (κ2) is 4.81. The Balaban J connectivity index is 1.91. The topological polar surface area (TPSA) is 36.9 Å². The predicted octanol–water partition coefficient (Wildman–Crippen LogP) is 3.09. The summed E-state index contributed by atoms with van der Waals surface area (Å²) in [6, 6.07) is 0. The van der Waals surface area contributed by atoms with Gasteiger partial charge in [-0.05, 0) is 32.0 Å². The molecule has 0 aromatic heterocycles. The summed E-state index contributed by atoms with van der Waals surface area (Å²) in [4.78, 5) is 0. The molecular weight excluding hydrogens is 260 g/mol. The first-order valence-corrected chi connectivity index (χ1v) is 9.91. The third kappa shape index (κ3) is 3.21. The summed E-state index contributed by atoms with van der Waals surface area (Å²) in [5.41, 5.74) is 0. The summed E-state index contributed by atoms with van der Waals surface area (Å²) in [6.07, 6.45) is -0.163. The Labute approximate surface area is 117 Å². The fraction of sp³-hybridized carbons (Fsp3) is 0.929. The van der Waals surface area contributed by atoms with Crippen LogP contribution in [-0.4, -0.2) is 39.0 Å². The molecule has 0 aliphatic carbocycles. The summed E-state index contributed by atoms with van der Waals surface area (Å²) < 4.78 is 23.5. The molecule has 2 unspecified atom stereocenters. The standard InChI is InChI=1S/C14H27O4Si/c1-13(2,3)19(6,7)16-9-10-12-11(8-15-10)17-14(4,5)18-12/h8,10-12H,9H2,1-7H3/t10-,11?,12?/m1/s1. The minimum absolute atomic E-state index is 0.0419. The van der Waals surface area contributed by atoms with Crippen LogP contribution in [-0.2, 0) is 18.6 Å². The second-order valence-electron chi connectivity index (χ2n) is 7.45. The first-order chi connectivity index (χ1) is 8.52. The van der Waals surface area contributed by atoms with Gasteiger partial charge >= 0.3 is 0 Å². The van der Waals surface area contributed by atoms with E-state index in [2.05, 4.69) is 33.9 Å². The molecule has 2 rings (SSSR count). The monoisotopic (exact) mass is 287 g/mol. The quantitative estimate of drug-likeness (QED) is 0.748. The normalized spacial score (nSPS) is 34.6. The van der Waals surface area contributed by atoms with Crippen molar-refractivity contribution in [1.29, 1.82) is 0 Å². The van der Waals surface area contributed by atoms with Gasteiger partial charge in [-0.25, -0.2) is 0 Å². The third-order valence-electron chi connectivity index (χ3n) is 4.33. The summed E-state index contributed by atoms with van der Waals surface area (Å²) in [5, 5.41) is 0.209. The second-order valence-corrected chi connectivity index (χ2v) is 12.3. The lowest BCUT2D eigenvalue weighted by Gasteiger charge is -2.37. The van der Waals surface area contributed by atoms with Crippen LogP contribution in [0.5, 0.6) is 0 Å². The molecule has 1 radical (unpaired) electrons. The molecule has 4 nitrogen and oxygen atoms in total. The zero-order valence-corrected chi connectivity index (χ0v) is 14.1. The smallest absolute Gasteiger partial charge is 0.192 e. The van der Waals surface area contributed by atoms with E-state index in [-0.39, 0.29) is 23.4 Å². The van der Waals surface area contributed by atoms with Crippen LogP contribution in [0.3, 0.4) is 0 Å². The van der Waals surface area contributed by atoms with Crippen LogP contribution in [0.15, 0.2) is 0 Å². The molecule has 2 aliphatic heterocycles. The Morgan fingerprint density at radius 2 is 1.84 bits per heavy atom. The molecule has 0 bridgehead atoms. The van der Waals surface area contributed by atoms with Gasteiger partial charge in [0.15, 0.2) is 14.1 Å². The van der Waals surface area contributed by atoms with E-state index in [1.165, 1.54) is 0 Å². The van der Waals surface area contributed by atoms with Gasteiger partial charge in [-0.1, -0.05) is 20.8 Å². The summed E-state index contributed by atoms with van der Waals surface area (Å²) in [6.45, 7) is 17.4. The van der Waals surface area contributed by atoms with Crippen LogP contribution in [0, 0.1) is 6.61 Å². The van der Waals surface area contributed by atoms with Crippen molar-refractivity contribution in [3.05, 3.63) is 6.61 Å². The van der Waals surface area contributed by atoms with Gasteiger partial charge in [0.1, 0.15) is 24.9 Å². The maximum absolute atomic E-state index is 6.21. The molecule has 2 saturated heterocycles. The molecule has 2 aliphatic rings. The molecule has 111 valence electrons. The number of rotatable bonds is 3. The Bertz CT molecular complexity index is 335. The molecule has 0 aromatic carbocycles. The van der Waals surface area contributed by atoms with E-state index < -0.39 is 14.1 Å². The van der Waals surface area contributed by atoms with Gasteiger partial charge in [0.25, 0.3) is 0 Å². The largest absolute Gasteiger partial charge is 0.414 e. The van der Waals surface area contributed by atoms with Crippen molar-refractivity contribution in [2.24, 2.45) is 0 Å². The van der Waals surface area contributed by atoms with Gasteiger partial charge in [0.2, 0.25) is 0 Å². The van der Waals surface area contributed by atoms with Gasteiger partial charge in [0.05, 0.1) is 6.61 Å². The predicted molar refractivity (Wildman–Crippen MR) is 76.1 cm³/mol. The molecule has 5 heteroatoms. The first-order valence-electron chi connectivity index (χ1n) is 7.00. The van der Waals surface area contributed by atoms with E-state index in [4.69, 9.17) is 18.6 Å². The lowest BCUT2D eigenvalue weighted by molar-refractivity contribution is -0.170. The van der Waals surface area contributed by atoms with E-state index in [1.807, 2.05) is 13.8 Å². The summed E-state index contributed by atoms with van der Waals surface area (Å²) in [5.74, 6) is -0.523. The van der Waals surface area contributed by atoms with Gasteiger partial charge < -0.3 is 18.6 Å². The third-order valence-corrected chi connectivity index (χ3v) is 8.83. The Morgan fingerprint density at radius 3 is 2.42 bits per heavy atom. The summed E-state index contributed by atoms with van der Waals surface area (Å²) in [7, 11) is -1.74. The molecule has 0 aromatic rings. The maximum Gasteiger partial charge on any atom is 0.192 e. The molecule has 2 heterocycles. The highest BCUT2D eigenvalue weighted by Crippen LogP contribution is 2.40. The highest BCUT2D eigenvalue weighted by atomic mass is 28.4. The number of ether oxygens (including phenoxy) is 3. The van der Waals surface area contributed by atoms with Crippen LogP contribution < -0.4 is 0 Å². The Hall–Kier alpha value is 0.0569. The van der Waals surface area contributed by atoms with E-state index in [1.54, 1.807) is 6.61 Å². The van der Waals surface area contributed by atoms with Crippen molar-refractivity contribution in [2.45, 2.75) is 76.8 Å². The van der Waals surface area contributed by atoms with Crippen molar-refractivity contribution < 1.29 is 18.6 Å². The highest BCUT2D eigenvalue weighted by molar-refractivity contribution is 6.74. The summed E-state index contributed by atoms with van der Waals surface area (Å²) >= 11 is 0. The van der Waals surface area contributed by atoms with Crippen LogP contribution >= 0.6 is 0 Å². The minimum Gasteiger partial charge on any atom is -0.414 e. The van der Waals surface area contributed by atoms with E-state index in [9.17, 15) is 0 Å². The van der Waals surface area contributed by atoms with Gasteiger partial charge in [-0.15, -0.1) is 0 Å². The van der Waals surface area contributed by atoms with E-state index in [0.29, 0.717) is 6.61 Å². The molecule has 0 amide bonds. The maximum atomic E-state index is 6.21. The van der Waals surface area contributed by atoms with Gasteiger partial charge in [-0.3, -0.25) is 0 Å². The molecule has 0 N–H and O–H groups in total. The Kier molecular flexibility index (Phi) is 3.91. The average Bonchev–Trinajstić information content (AvgIpc) is 2.68. The molecule has 0 spiro atoms. The van der Waals surface area contributed by atoms with Crippen molar-refractivity contribution in [3.63, 3.8) is 0 Å². The fourth-order valence-electron chi connectivity index (χ4n) is 2.11. The fourth-order valence-corrected chi connectivity index (χ4v) is 3.12. The van der Waals surface area contributed by atoms with Gasteiger partial charge in [0, 0.05) is 0 Å². The SMILES string of the molecule is CC1(C)OC2[CH]O[C@H](CO[Si](C)(C)C(C)(C)C)C2O1. The Morgan fingerprint density at radius 1 is 1.21 bits per heavy atom. The molecular formula is C14H27O4Si. The lowest BCUT2D eigenvalue weighted by Crippen LogP contribution is -2.44. The highest BCUT2D eigenvalue weighted by Gasteiger charge is 2.51. The minimum atomic E-state index is -1.74.